The van der Waals surface area contributed by atoms with Gasteiger partial charge in [-0.2, -0.15) is 0 Å². The minimum atomic E-state index is 0.0171. The van der Waals surface area contributed by atoms with E-state index in [2.05, 4.69) is 5.32 Å². The predicted octanol–water partition coefficient (Wildman–Crippen LogP) is 1.16. The molecule has 15 heavy (non-hydrogen) atoms. The van der Waals surface area contributed by atoms with Gasteiger partial charge in [0.15, 0.2) is 0 Å². The van der Waals surface area contributed by atoms with E-state index in [4.69, 9.17) is 0 Å². The minimum Gasteiger partial charge on any atom is -0.335 e. The second kappa shape index (κ2) is 4.21. The van der Waals surface area contributed by atoms with Crippen molar-refractivity contribution < 1.29 is 9.59 Å². The third-order valence-corrected chi connectivity index (χ3v) is 3.21. The van der Waals surface area contributed by atoms with Crippen LogP contribution >= 0.6 is 0 Å². The van der Waals surface area contributed by atoms with E-state index < -0.39 is 0 Å². The molecule has 4 heteroatoms. The third-order valence-electron chi connectivity index (χ3n) is 3.21. The van der Waals surface area contributed by atoms with Crippen LogP contribution in [0.15, 0.2) is 0 Å². The summed E-state index contributed by atoms with van der Waals surface area (Å²) in [6.45, 7) is 3.20. The number of ketones is 1. The second-order valence-corrected chi connectivity index (χ2v) is 4.49. The summed E-state index contributed by atoms with van der Waals surface area (Å²) in [4.78, 5) is 25.0. The summed E-state index contributed by atoms with van der Waals surface area (Å²) in [6, 6.07) is 0.415. The van der Waals surface area contributed by atoms with Gasteiger partial charge in [0.05, 0.1) is 0 Å². The highest BCUT2D eigenvalue weighted by atomic mass is 16.2. The normalized spacial score (nSPS) is 26.6. The Bertz CT molecular complexity index is 274. The van der Waals surface area contributed by atoms with Gasteiger partial charge in [0.1, 0.15) is 5.78 Å². The summed E-state index contributed by atoms with van der Waals surface area (Å²) in [5, 5.41) is 2.96. The highest BCUT2D eigenvalue weighted by Gasteiger charge is 2.31. The van der Waals surface area contributed by atoms with Gasteiger partial charge in [0, 0.05) is 31.5 Å². The Morgan fingerprint density at radius 1 is 1.53 bits per heavy atom. The number of nitrogens with one attached hydrogen (secondary N) is 1. The number of carbonyl (C=O) groups is 2. The number of Topliss-reactive ketones (excluding diaryl/α,β-unsaturated/α-hetero) is 1. The van der Waals surface area contributed by atoms with Crippen LogP contribution in [0.1, 0.15) is 32.6 Å². The molecule has 1 atom stereocenters. The molecule has 1 aliphatic heterocycles. The van der Waals surface area contributed by atoms with Crippen molar-refractivity contribution in [2.75, 3.05) is 13.1 Å². The first-order valence-corrected chi connectivity index (χ1v) is 5.79. The molecule has 4 nitrogen and oxygen atoms in total. The lowest BCUT2D eigenvalue weighted by Gasteiger charge is -2.31. The first-order valence-electron chi connectivity index (χ1n) is 5.79. The number of carbonyl (C=O) groups excluding carboxylic acids is 2. The fourth-order valence-electron chi connectivity index (χ4n) is 1.94. The summed E-state index contributed by atoms with van der Waals surface area (Å²) < 4.78 is 0. The Kier molecular flexibility index (Phi) is 2.93. The lowest BCUT2D eigenvalue weighted by molar-refractivity contribution is -0.125. The molecule has 1 unspecified atom stereocenters. The van der Waals surface area contributed by atoms with Crippen LogP contribution < -0.4 is 5.32 Å². The summed E-state index contributed by atoms with van der Waals surface area (Å²) >= 11 is 0. The molecule has 1 saturated carbocycles. The molecule has 2 rings (SSSR count). The van der Waals surface area contributed by atoms with Crippen molar-refractivity contribution in [1.82, 2.24) is 10.2 Å². The van der Waals surface area contributed by atoms with Crippen molar-refractivity contribution in [3.63, 3.8) is 0 Å². The number of hydrogen-bond acceptors (Lipinski definition) is 2. The van der Waals surface area contributed by atoms with Crippen LogP contribution in [0.3, 0.4) is 0 Å². The summed E-state index contributed by atoms with van der Waals surface area (Å²) in [7, 11) is 0. The highest BCUT2D eigenvalue weighted by Crippen LogP contribution is 2.20. The Morgan fingerprint density at radius 2 is 2.27 bits per heavy atom. The van der Waals surface area contributed by atoms with E-state index in [0.717, 1.165) is 19.3 Å². The van der Waals surface area contributed by atoms with Gasteiger partial charge in [-0.05, 0) is 19.3 Å². The van der Waals surface area contributed by atoms with Crippen molar-refractivity contribution >= 4 is 11.8 Å². The van der Waals surface area contributed by atoms with E-state index in [1.54, 1.807) is 4.90 Å². The number of piperidine rings is 1. The fourth-order valence-corrected chi connectivity index (χ4v) is 1.94. The smallest absolute Gasteiger partial charge is 0.317 e. The van der Waals surface area contributed by atoms with E-state index in [-0.39, 0.29) is 11.9 Å². The van der Waals surface area contributed by atoms with Crippen molar-refractivity contribution in [3.05, 3.63) is 0 Å². The lowest BCUT2D eigenvalue weighted by Crippen LogP contribution is -2.48. The van der Waals surface area contributed by atoms with Crippen LogP contribution in [0.25, 0.3) is 0 Å². The first-order chi connectivity index (χ1) is 7.20. The molecule has 1 heterocycles. The molecular formula is C11H18N2O2. The zero-order valence-electron chi connectivity index (χ0n) is 9.16. The highest BCUT2D eigenvalue weighted by molar-refractivity contribution is 5.84. The van der Waals surface area contributed by atoms with Crippen molar-refractivity contribution in [2.45, 2.75) is 38.6 Å². The molecule has 0 aromatic rings. The van der Waals surface area contributed by atoms with Gasteiger partial charge >= 0.3 is 6.03 Å². The Labute approximate surface area is 90.0 Å². The topological polar surface area (TPSA) is 49.4 Å². The summed E-state index contributed by atoms with van der Waals surface area (Å²) in [6.07, 6.45) is 3.58. The molecule has 84 valence electrons. The summed E-state index contributed by atoms with van der Waals surface area (Å²) in [5.41, 5.74) is 0. The van der Waals surface area contributed by atoms with Crippen molar-refractivity contribution in [1.29, 1.82) is 0 Å². The Morgan fingerprint density at radius 3 is 2.87 bits per heavy atom. The molecule has 0 spiro atoms. The molecule has 1 aliphatic carbocycles. The van der Waals surface area contributed by atoms with Gasteiger partial charge in [-0.1, -0.05) is 6.92 Å². The number of rotatable bonds is 2. The number of amides is 2. The zero-order valence-corrected chi connectivity index (χ0v) is 9.16. The van der Waals surface area contributed by atoms with Gasteiger partial charge in [-0.25, -0.2) is 4.79 Å². The van der Waals surface area contributed by atoms with Crippen molar-refractivity contribution in [2.24, 2.45) is 5.92 Å². The van der Waals surface area contributed by atoms with Crippen LogP contribution in [-0.4, -0.2) is 35.8 Å². The average molecular weight is 210 g/mol. The Hall–Kier alpha value is -1.06. The van der Waals surface area contributed by atoms with Gasteiger partial charge in [0.2, 0.25) is 0 Å². The molecule has 0 bridgehead atoms. The largest absolute Gasteiger partial charge is 0.335 e. The third kappa shape index (κ3) is 2.49. The quantitative estimate of drug-likeness (QED) is 0.743. The lowest BCUT2D eigenvalue weighted by atomic mass is 9.94. The maximum absolute atomic E-state index is 11.7. The summed E-state index contributed by atoms with van der Waals surface area (Å²) in [5.74, 6) is 0.372. The molecule has 2 fully saturated rings. The molecule has 1 N–H and O–H groups in total. The standard InChI is InChI=1S/C11H18N2O2/c1-2-8-7-13(6-5-10(8)14)11(15)12-9-3-4-9/h8-9H,2-7H2,1H3,(H,12,15). The number of hydrogen-bond donors (Lipinski definition) is 1. The van der Waals surface area contributed by atoms with Crippen LogP contribution in [0, 0.1) is 5.92 Å². The fraction of sp³-hybridized carbons (Fsp3) is 0.818. The van der Waals surface area contributed by atoms with Gasteiger partial charge in [-0.3, -0.25) is 4.79 Å². The minimum absolute atomic E-state index is 0.0171. The van der Waals surface area contributed by atoms with Gasteiger partial charge < -0.3 is 10.2 Å². The Balaban J connectivity index is 1.86. The van der Waals surface area contributed by atoms with Crippen LogP contribution in [0.4, 0.5) is 4.79 Å². The molecule has 2 amide bonds. The monoisotopic (exact) mass is 210 g/mol. The van der Waals surface area contributed by atoms with Gasteiger partial charge in [0.25, 0.3) is 0 Å². The predicted molar refractivity (Wildman–Crippen MR) is 56.5 cm³/mol. The van der Waals surface area contributed by atoms with Crippen LogP contribution in [0.5, 0.6) is 0 Å². The van der Waals surface area contributed by atoms with Crippen LogP contribution in [-0.2, 0) is 4.79 Å². The van der Waals surface area contributed by atoms with Crippen LogP contribution in [0.2, 0.25) is 0 Å². The average Bonchev–Trinajstić information content (AvgIpc) is 3.02. The van der Waals surface area contributed by atoms with Crippen molar-refractivity contribution in [3.8, 4) is 0 Å². The maximum atomic E-state index is 11.7. The van der Waals surface area contributed by atoms with E-state index in [1.165, 1.54) is 0 Å². The molecular weight excluding hydrogens is 192 g/mol. The number of likely N-dealkylation sites (tertiary alicyclic amines) is 1. The SMILES string of the molecule is CCC1CN(C(=O)NC2CC2)CCC1=O. The first kappa shape index (κ1) is 10.5. The maximum Gasteiger partial charge on any atom is 0.317 e. The van der Waals surface area contributed by atoms with Gasteiger partial charge in [-0.15, -0.1) is 0 Å². The number of urea groups is 1. The van der Waals surface area contributed by atoms with E-state index in [9.17, 15) is 9.59 Å². The number of nitrogens with zero attached hydrogens (tertiary/aromatic N) is 1. The second-order valence-electron chi connectivity index (χ2n) is 4.49. The van der Waals surface area contributed by atoms with E-state index >= 15 is 0 Å². The molecule has 0 radical (unpaired) electrons. The molecule has 2 aliphatic rings. The molecule has 0 aromatic carbocycles. The molecule has 1 saturated heterocycles. The molecule has 0 aromatic heterocycles. The van der Waals surface area contributed by atoms with E-state index in [0.29, 0.717) is 31.3 Å². The zero-order chi connectivity index (χ0) is 10.8. The van der Waals surface area contributed by atoms with E-state index in [1.807, 2.05) is 6.92 Å².